The molecule has 8 rings (SSSR count). The third-order valence-electron chi connectivity index (χ3n) is 11.8. The van der Waals surface area contributed by atoms with Gasteiger partial charge in [0.2, 0.25) is 19.7 Å². The number of hydrogen-bond acceptors (Lipinski definition) is 8. The van der Waals surface area contributed by atoms with E-state index in [0.29, 0.717) is 51.5 Å². The van der Waals surface area contributed by atoms with Gasteiger partial charge in [-0.25, -0.2) is 21.2 Å². The van der Waals surface area contributed by atoms with Gasteiger partial charge in [-0.05, 0) is 128 Å². The zero-order chi connectivity index (χ0) is 36.9. The summed E-state index contributed by atoms with van der Waals surface area (Å²) >= 11 is 0. The van der Waals surface area contributed by atoms with Crippen molar-refractivity contribution in [1.29, 1.82) is 0 Å². The number of likely N-dealkylation sites (N-methyl/N-ethyl adjacent to an activating group) is 2. The van der Waals surface area contributed by atoms with Crippen LogP contribution in [-0.2, 0) is 19.7 Å². The smallest absolute Gasteiger partial charge is 0.206 e. The van der Waals surface area contributed by atoms with E-state index in [1.165, 1.54) is 29.4 Å². The Hall–Kier alpha value is -3.77. The molecule has 4 aliphatic heterocycles. The number of fused-ring (bicyclic) bond motifs is 6. The first-order valence-electron chi connectivity index (χ1n) is 18.3. The van der Waals surface area contributed by atoms with E-state index in [1.807, 2.05) is 24.3 Å². The number of halogens is 1. The number of nitrogens with zero attached hydrogens (tertiary/aromatic N) is 2. The molecule has 11 heteroatoms. The summed E-state index contributed by atoms with van der Waals surface area (Å²) in [5.74, 6) is 1.56. The van der Waals surface area contributed by atoms with Crippen molar-refractivity contribution >= 4 is 31.0 Å². The molecule has 0 saturated carbocycles. The monoisotopic (exact) mass is 744 g/mol. The molecule has 276 valence electrons. The molecular weight excluding hydrogens is 696 g/mol. The average Bonchev–Trinajstić information content (AvgIpc) is 3.42. The lowest BCUT2D eigenvalue weighted by atomic mass is 9.80. The van der Waals surface area contributed by atoms with Gasteiger partial charge in [-0.2, -0.15) is 0 Å². The summed E-state index contributed by atoms with van der Waals surface area (Å²) < 4.78 is 65.6. The van der Waals surface area contributed by atoms with Gasteiger partial charge < -0.3 is 20.4 Å². The molecule has 0 aromatic heterocycles. The summed E-state index contributed by atoms with van der Waals surface area (Å²) in [6.45, 7) is 10.7. The first-order valence-corrected chi connectivity index (χ1v) is 21.2. The third-order valence-corrected chi connectivity index (χ3v) is 15.3. The predicted octanol–water partition coefficient (Wildman–Crippen LogP) is 6.49. The van der Waals surface area contributed by atoms with Crippen LogP contribution < -0.4 is 20.4 Å². The topological polar surface area (TPSA) is 98.8 Å². The van der Waals surface area contributed by atoms with E-state index in [1.54, 1.807) is 42.5 Å². The quantitative estimate of drug-likeness (QED) is 0.245. The highest BCUT2D eigenvalue weighted by Gasteiger charge is 2.44. The zero-order valence-electron chi connectivity index (χ0n) is 30.5. The van der Waals surface area contributed by atoms with Crippen LogP contribution in [-0.4, -0.2) is 69.2 Å². The van der Waals surface area contributed by atoms with Gasteiger partial charge in [-0.1, -0.05) is 45.0 Å². The molecule has 3 unspecified atom stereocenters. The molecule has 0 radical (unpaired) electrons. The van der Waals surface area contributed by atoms with E-state index in [2.05, 4.69) is 55.3 Å². The second-order valence-corrected chi connectivity index (χ2v) is 19.0. The molecule has 2 N–H and O–H groups in total. The van der Waals surface area contributed by atoms with Crippen LogP contribution in [0, 0.1) is 23.6 Å². The Morgan fingerprint density at radius 2 is 1.13 bits per heavy atom. The van der Waals surface area contributed by atoms with Crippen LogP contribution in [0.1, 0.15) is 50.2 Å². The molecule has 2 saturated heterocycles. The maximum absolute atomic E-state index is 13.5. The molecule has 0 spiro atoms. The summed E-state index contributed by atoms with van der Waals surface area (Å²) in [5.41, 5.74) is 4.54. The maximum atomic E-state index is 13.5. The Morgan fingerprint density at radius 1 is 0.596 bits per heavy atom. The van der Waals surface area contributed by atoms with Gasteiger partial charge in [-0.3, -0.25) is 0 Å². The summed E-state index contributed by atoms with van der Waals surface area (Å²) in [7, 11) is -2.99. The van der Waals surface area contributed by atoms with Gasteiger partial charge in [0.1, 0.15) is 5.82 Å². The van der Waals surface area contributed by atoms with Crippen molar-refractivity contribution in [2.24, 2.45) is 17.8 Å². The van der Waals surface area contributed by atoms with Gasteiger partial charge in [0.15, 0.2) is 0 Å². The SMILES string of the molecule is CC1CNCC(C)[C@@H]2c3cc(S(=O)(=O)c4ccccc4)ccc3N(C)[C@H]12.CC1CNCC[C@@H]2c3cc(S(=O)(=O)c4cccc(F)c4)ccc3N(C)[C@H]12. The Labute approximate surface area is 308 Å². The molecule has 4 aromatic rings. The van der Waals surface area contributed by atoms with E-state index in [-0.39, 0.29) is 9.79 Å². The molecule has 0 aliphatic carbocycles. The van der Waals surface area contributed by atoms with Crippen molar-refractivity contribution in [2.75, 3.05) is 50.1 Å². The van der Waals surface area contributed by atoms with Crippen LogP contribution in [0.4, 0.5) is 15.8 Å². The summed E-state index contributed by atoms with van der Waals surface area (Å²) in [6, 6.07) is 25.7. The van der Waals surface area contributed by atoms with Crippen molar-refractivity contribution < 1.29 is 21.2 Å². The molecule has 52 heavy (non-hydrogen) atoms. The fraction of sp³-hybridized carbons (Fsp3) is 0.415. The number of anilines is 2. The second-order valence-electron chi connectivity index (χ2n) is 15.1. The first kappa shape index (κ1) is 36.6. The van der Waals surface area contributed by atoms with Gasteiger partial charge in [-0.15, -0.1) is 0 Å². The van der Waals surface area contributed by atoms with Gasteiger partial charge in [0.25, 0.3) is 0 Å². The van der Waals surface area contributed by atoms with E-state index in [9.17, 15) is 21.2 Å². The highest BCUT2D eigenvalue weighted by Crippen LogP contribution is 2.49. The lowest BCUT2D eigenvalue weighted by Gasteiger charge is -2.32. The van der Waals surface area contributed by atoms with Crippen molar-refractivity contribution in [3.8, 4) is 0 Å². The largest absolute Gasteiger partial charge is 0.370 e. The lowest BCUT2D eigenvalue weighted by molar-refractivity contribution is 0.374. The van der Waals surface area contributed by atoms with Crippen LogP contribution in [0.5, 0.6) is 0 Å². The molecule has 2 fully saturated rings. The Kier molecular flexibility index (Phi) is 10.0. The minimum Gasteiger partial charge on any atom is -0.370 e. The predicted molar refractivity (Wildman–Crippen MR) is 204 cm³/mol. The van der Waals surface area contributed by atoms with E-state index >= 15 is 0 Å². The Morgan fingerprint density at radius 3 is 1.83 bits per heavy atom. The zero-order valence-corrected chi connectivity index (χ0v) is 32.1. The molecule has 8 nitrogen and oxygen atoms in total. The molecule has 4 aliphatic rings. The van der Waals surface area contributed by atoms with Gasteiger partial charge in [0.05, 0.1) is 19.6 Å². The van der Waals surface area contributed by atoms with Gasteiger partial charge in [0, 0.05) is 49.4 Å². The van der Waals surface area contributed by atoms with E-state index < -0.39 is 25.5 Å². The van der Waals surface area contributed by atoms with E-state index in [0.717, 1.165) is 49.9 Å². The van der Waals surface area contributed by atoms with Crippen molar-refractivity contribution in [1.82, 2.24) is 10.6 Å². The minimum atomic E-state index is -3.74. The van der Waals surface area contributed by atoms with Crippen LogP contribution >= 0.6 is 0 Å². The average molecular weight is 745 g/mol. The second kappa shape index (κ2) is 14.2. The van der Waals surface area contributed by atoms with Crippen molar-refractivity contribution in [3.63, 3.8) is 0 Å². The summed E-state index contributed by atoms with van der Waals surface area (Å²) in [5, 5.41) is 7.02. The molecular formula is C41H49FN4O4S2. The minimum absolute atomic E-state index is 0.00347. The molecule has 7 atom stereocenters. The number of benzene rings is 4. The van der Waals surface area contributed by atoms with Crippen LogP contribution in [0.2, 0.25) is 0 Å². The fourth-order valence-electron chi connectivity index (χ4n) is 9.29. The maximum Gasteiger partial charge on any atom is 0.206 e. The van der Waals surface area contributed by atoms with Crippen LogP contribution in [0.15, 0.2) is 111 Å². The van der Waals surface area contributed by atoms with Crippen molar-refractivity contribution in [2.45, 2.75) is 70.7 Å². The summed E-state index contributed by atoms with van der Waals surface area (Å²) in [6.07, 6.45) is 0.982. The number of rotatable bonds is 4. The standard InChI is InChI=1S/C21H26N2O2S.C20H23FN2O2S/c1-14-12-22-13-15(2)21-20(14)18-11-17(9-10-19(18)23(21)3)26(24,25)16-7-5-4-6-8-16;1-13-12-22-9-8-17-18-11-16(6-7-19(18)23(2)20(13)17)26(24,25)15-5-3-4-14(21)10-15/h4-11,14-15,20-22H,12-13H2,1-3H3;3-7,10-11,13,17,20,22H,8-9,12H2,1-2H3/t14?,15?,20-,21-;13?,17-,20-/m11/s1. The highest BCUT2D eigenvalue weighted by atomic mass is 32.2. The highest BCUT2D eigenvalue weighted by molar-refractivity contribution is 7.91. The normalized spacial score (nSPS) is 26.9. The number of sulfone groups is 2. The van der Waals surface area contributed by atoms with Crippen LogP contribution in [0.3, 0.4) is 0 Å². The molecule has 4 aromatic carbocycles. The van der Waals surface area contributed by atoms with Crippen LogP contribution in [0.25, 0.3) is 0 Å². The van der Waals surface area contributed by atoms with Crippen molar-refractivity contribution in [3.05, 3.63) is 108 Å². The number of hydrogen-bond donors (Lipinski definition) is 2. The summed E-state index contributed by atoms with van der Waals surface area (Å²) in [4.78, 5) is 5.63. The Bertz CT molecular complexity index is 2160. The lowest BCUT2D eigenvalue weighted by Crippen LogP contribution is -2.39. The number of nitrogens with one attached hydrogen (secondary N) is 2. The van der Waals surface area contributed by atoms with Gasteiger partial charge >= 0.3 is 0 Å². The Balaban J connectivity index is 0.000000162. The van der Waals surface area contributed by atoms with E-state index in [4.69, 9.17) is 0 Å². The molecule has 0 amide bonds. The molecule has 4 heterocycles. The molecule has 0 bridgehead atoms. The third kappa shape index (κ3) is 6.44. The fourth-order valence-corrected chi connectivity index (χ4v) is 11.9. The first-order chi connectivity index (χ1) is 24.8.